The van der Waals surface area contributed by atoms with Crippen molar-refractivity contribution < 1.29 is 32.3 Å². The van der Waals surface area contributed by atoms with Crippen LogP contribution in [0.2, 0.25) is 0 Å². The summed E-state index contributed by atoms with van der Waals surface area (Å²) in [6, 6.07) is 16.6. The molecule has 0 amide bonds. The van der Waals surface area contributed by atoms with E-state index in [1.807, 2.05) is 36.4 Å². The minimum atomic E-state index is -5.26. The van der Waals surface area contributed by atoms with Gasteiger partial charge in [0.1, 0.15) is 0 Å². The maximum absolute atomic E-state index is 6.15. The normalized spacial score (nSPS) is 25.9. The summed E-state index contributed by atoms with van der Waals surface area (Å²) >= 11 is 0. The van der Waals surface area contributed by atoms with Gasteiger partial charge >= 0.3 is 128 Å². The Morgan fingerprint density at radius 3 is 2.04 bits per heavy atom. The Kier molecular flexibility index (Phi) is 1.63. The third-order valence-corrected chi connectivity index (χ3v) is 7.97. The Morgan fingerprint density at radius 2 is 1.35 bits per heavy atom. The molecule has 0 aliphatic carbocycles. The third kappa shape index (κ3) is 1.06. The Labute approximate surface area is 129 Å². The molecule has 7 nitrogen and oxygen atoms in total. The summed E-state index contributed by atoms with van der Waals surface area (Å²) in [4.78, 5) is 0. The monoisotopic (exact) mass is 331 g/mol. The second-order valence-corrected chi connectivity index (χ2v) is 9.22. The Balaban J connectivity index is 1.76. The fourth-order valence-electron chi connectivity index (χ4n) is 3.33. The van der Waals surface area contributed by atoms with Gasteiger partial charge in [-0.05, 0) is 0 Å². The van der Waals surface area contributed by atoms with E-state index in [0.29, 0.717) is 17.2 Å². The van der Waals surface area contributed by atoms with Crippen LogP contribution in [0.4, 0.5) is 0 Å². The van der Waals surface area contributed by atoms with Crippen LogP contribution in [0.25, 0.3) is 10.9 Å². The molecular formula is C15H10NO6P. The molecule has 0 unspecified atom stereocenters. The molecule has 0 bridgehead atoms. The van der Waals surface area contributed by atoms with Crippen molar-refractivity contribution in [3.05, 3.63) is 60.8 Å². The van der Waals surface area contributed by atoms with E-state index in [-0.39, 0.29) is 0 Å². The average molecular weight is 331 g/mol. The molecule has 0 saturated carbocycles. The second kappa shape index (κ2) is 3.11. The van der Waals surface area contributed by atoms with Gasteiger partial charge in [-0.15, -0.1) is 0 Å². The summed E-state index contributed by atoms with van der Waals surface area (Å²) in [7, 11) is -5.26. The number of benzene rings is 2. The van der Waals surface area contributed by atoms with Crippen molar-refractivity contribution in [3.8, 4) is 17.2 Å². The summed E-state index contributed by atoms with van der Waals surface area (Å²) in [5.41, 5.74) is 0.752. The van der Waals surface area contributed by atoms with Crippen LogP contribution in [0.15, 0.2) is 60.8 Å². The molecule has 116 valence electrons. The van der Waals surface area contributed by atoms with Gasteiger partial charge in [0.05, 0.1) is 0 Å². The first-order chi connectivity index (χ1) is 11.2. The predicted octanol–water partition coefficient (Wildman–Crippen LogP) is 3.31. The predicted molar refractivity (Wildman–Crippen MR) is 78.0 cm³/mol. The van der Waals surface area contributed by atoms with E-state index in [9.17, 15) is 0 Å². The van der Waals surface area contributed by atoms with Gasteiger partial charge in [0.25, 0.3) is 0 Å². The first-order valence-corrected chi connectivity index (χ1v) is 9.29. The van der Waals surface area contributed by atoms with Gasteiger partial charge in [-0.3, -0.25) is 0 Å². The van der Waals surface area contributed by atoms with Crippen molar-refractivity contribution in [2.45, 2.75) is 0 Å². The van der Waals surface area contributed by atoms with Crippen molar-refractivity contribution in [1.82, 2.24) is 0 Å². The van der Waals surface area contributed by atoms with Gasteiger partial charge in [0.15, 0.2) is 0 Å². The number of rotatable bonds is 0. The zero-order chi connectivity index (χ0) is 15.2. The van der Waals surface area contributed by atoms with Crippen molar-refractivity contribution in [2.24, 2.45) is 0 Å². The summed E-state index contributed by atoms with van der Waals surface area (Å²) < 4.78 is 31.0. The van der Waals surface area contributed by atoms with Gasteiger partial charge in [-0.1, -0.05) is 0 Å². The van der Waals surface area contributed by atoms with Gasteiger partial charge in [0.2, 0.25) is 0 Å². The summed E-state index contributed by atoms with van der Waals surface area (Å²) in [5, 5.41) is 5.58. The van der Waals surface area contributed by atoms with Gasteiger partial charge < -0.3 is 0 Å². The molecular weight excluding hydrogens is 321 g/mol. The van der Waals surface area contributed by atoms with Crippen LogP contribution in [0.5, 0.6) is 17.2 Å². The molecule has 6 rings (SSSR count). The molecule has 2 aromatic carbocycles. The molecule has 4 heterocycles. The minimum absolute atomic E-state index is 0.462. The van der Waals surface area contributed by atoms with Gasteiger partial charge in [-0.2, -0.15) is 0 Å². The summed E-state index contributed by atoms with van der Waals surface area (Å²) in [6.07, 6.45) is 1.74. The Morgan fingerprint density at radius 1 is 0.696 bits per heavy atom. The molecule has 1 aromatic heterocycles. The summed E-state index contributed by atoms with van der Waals surface area (Å²) in [6.45, 7) is 0. The molecule has 3 aromatic rings. The van der Waals surface area contributed by atoms with Crippen molar-refractivity contribution in [2.75, 3.05) is 0 Å². The van der Waals surface area contributed by atoms with E-state index in [4.69, 9.17) is 22.9 Å². The number of pyridine rings is 1. The van der Waals surface area contributed by atoms with Crippen molar-refractivity contribution in [3.63, 3.8) is 0 Å². The fraction of sp³-hybridized carbons (Fsp3) is 0. The van der Waals surface area contributed by atoms with Crippen LogP contribution < -0.4 is 17.9 Å². The van der Waals surface area contributed by atoms with E-state index < -0.39 is 7.23 Å². The third-order valence-electron chi connectivity index (χ3n) is 4.29. The first-order valence-electron chi connectivity index (χ1n) is 7.07. The maximum atomic E-state index is 6.15. The molecule has 8 heteroatoms. The van der Waals surface area contributed by atoms with E-state index in [0.717, 1.165) is 10.9 Å². The number of hydrogen-bond acceptors (Lipinski definition) is 6. The number of nitrogens with zero attached hydrogens (tertiary/aromatic N) is 1. The van der Waals surface area contributed by atoms with E-state index >= 15 is 0 Å². The van der Waals surface area contributed by atoms with E-state index in [1.54, 1.807) is 28.7 Å². The van der Waals surface area contributed by atoms with Gasteiger partial charge in [0, 0.05) is 0 Å². The molecule has 0 atom stereocenters. The quantitative estimate of drug-likeness (QED) is 0.465. The molecule has 3 aliphatic heterocycles. The van der Waals surface area contributed by atoms with Crippen LogP contribution in [0, 0.1) is 0 Å². The molecule has 3 aliphatic rings. The number of aromatic nitrogens is 1. The number of hydrogen-bond donors (Lipinski definition) is 0. The number of fused-ring (bicyclic) bond motifs is 1. The van der Waals surface area contributed by atoms with Crippen LogP contribution in [-0.4, -0.2) is 0 Å². The Bertz CT molecular complexity index is 1010. The fourth-order valence-corrected chi connectivity index (χ4v) is 6.95. The second-order valence-electron chi connectivity index (χ2n) is 5.64. The standard InChI is InChI=1S/C15H10NO6P/c1-2-8-13-12(7-1)17-23(18-13,21-20-22-23)16-10-4-6-11-5-3-9-14(19-23)15(11)16/h1-10H. The number of para-hydroxylation sites is 3. The van der Waals surface area contributed by atoms with E-state index in [2.05, 4.69) is 5.04 Å². The SMILES string of the molecule is c1ccc2c(c1)O[P-]13(OOO1)(O2)Oc1cccc2ccc[n+]3c12. The molecule has 23 heavy (non-hydrogen) atoms. The zero-order valence-electron chi connectivity index (χ0n) is 11.6. The van der Waals surface area contributed by atoms with Crippen LogP contribution >= 0.6 is 7.23 Å². The zero-order valence-corrected chi connectivity index (χ0v) is 12.5. The topological polar surface area (TPSA) is 59.3 Å². The molecule has 0 N–H and O–H groups in total. The first kappa shape index (κ1) is 12.0. The molecule has 1 saturated heterocycles. The molecule has 1 spiro atoms. The van der Waals surface area contributed by atoms with Crippen molar-refractivity contribution >= 4 is 18.1 Å². The Hall–Kier alpha value is -2.44. The van der Waals surface area contributed by atoms with E-state index in [1.165, 1.54) is 0 Å². The van der Waals surface area contributed by atoms with Crippen LogP contribution in [-0.2, 0) is 14.4 Å². The van der Waals surface area contributed by atoms with Gasteiger partial charge in [-0.25, -0.2) is 0 Å². The average Bonchev–Trinajstić information content (AvgIpc) is 3.02. The van der Waals surface area contributed by atoms with Crippen LogP contribution in [0.1, 0.15) is 0 Å². The van der Waals surface area contributed by atoms with Crippen LogP contribution in [0.3, 0.4) is 0 Å². The van der Waals surface area contributed by atoms with Crippen molar-refractivity contribution in [1.29, 1.82) is 0 Å². The molecule has 0 radical (unpaired) electrons. The molecule has 1 fully saturated rings. The summed E-state index contributed by atoms with van der Waals surface area (Å²) in [5.74, 6) is 1.46.